The number of rotatable bonds is 19. The molecule has 0 radical (unpaired) electrons. The molecule has 5 aromatic rings. The minimum absolute atomic E-state index is 0.241. The zero-order chi connectivity index (χ0) is 35.7. The summed E-state index contributed by atoms with van der Waals surface area (Å²) in [6, 6.07) is 38.3. The first kappa shape index (κ1) is 36.8. The number of hydrogen-bond acceptors (Lipinski definition) is 7. The van der Waals surface area contributed by atoms with Crippen molar-refractivity contribution in [3.05, 3.63) is 138 Å². The third kappa shape index (κ3) is 11.0. The van der Waals surface area contributed by atoms with Crippen LogP contribution in [0, 0.1) is 0 Å². The van der Waals surface area contributed by atoms with Crippen LogP contribution in [0.4, 0.5) is 0 Å². The summed E-state index contributed by atoms with van der Waals surface area (Å²) in [5.41, 5.74) is 7.93. The lowest BCUT2D eigenvalue weighted by molar-refractivity contribution is -0.140. The molecule has 0 bridgehead atoms. The minimum Gasteiger partial charge on any atom is -0.493 e. The fraction of sp³-hybridized carbons (Fsp3) is 0.295. The zero-order valence-electron chi connectivity index (χ0n) is 29.6. The van der Waals surface area contributed by atoms with Gasteiger partial charge >= 0.3 is 11.9 Å². The molecular formula is C44H47NO6. The monoisotopic (exact) mass is 685 g/mol. The van der Waals surface area contributed by atoms with E-state index in [-0.39, 0.29) is 11.9 Å². The summed E-state index contributed by atoms with van der Waals surface area (Å²) in [5.74, 6) is 0.857. The number of aryl methyl sites for hydroxylation is 2. The summed E-state index contributed by atoms with van der Waals surface area (Å²) < 4.78 is 22.3. The molecule has 0 saturated heterocycles. The SMILES string of the molecule is COC(=O)CCc1c(CCCCCCOc2cc(-c3ccccc3)cc(-c3ccccc3)n2)cccc1OCCCc1ccccc1C(=O)OC. The average Bonchev–Trinajstić information content (AvgIpc) is 3.19. The van der Waals surface area contributed by atoms with Crippen molar-refractivity contribution in [3.63, 3.8) is 0 Å². The molecule has 0 aliphatic carbocycles. The Bertz CT molecular complexity index is 1780. The van der Waals surface area contributed by atoms with Gasteiger partial charge in [-0.15, -0.1) is 0 Å². The molecule has 0 aliphatic heterocycles. The lowest BCUT2D eigenvalue weighted by Gasteiger charge is -2.16. The Morgan fingerprint density at radius 1 is 0.569 bits per heavy atom. The Hall–Kier alpha value is -5.43. The van der Waals surface area contributed by atoms with Gasteiger partial charge in [-0.2, -0.15) is 0 Å². The maximum atomic E-state index is 12.2. The number of ether oxygens (including phenoxy) is 4. The molecule has 4 aromatic carbocycles. The topological polar surface area (TPSA) is 84.0 Å². The molecule has 1 heterocycles. The molecule has 264 valence electrons. The fourth-order valence-electron chi connectivity index (χ4n) is 6.17. The Morgan fingerprint density at radius 3 is 2.00 bits per heavy atom. The first-order chi connectivity index (χ1) is 25.1. The van der Waals surface area contributed by atoms with E-state index in [0.717, 1.165) is 77.8 Å². The van der Waals surface area contributed by atoms with Gasteiger partial charge < -0.3 is 18.9 Å². The number of carbonyl (C=O) groups excluding carboxylic acids is 2. The van der Waals surface area contributed by atoms with E-state index in [0.29, 0.717) is 43.9 Å². The van der Waals surface area contributed by atoms with Crippen molar-refractivity contribution >= 4 is 11.9 Å². The second-order valence-electron chi connectivity index (χ2n) is 12.4. The highest BCUT2D eigenvalue weighted by Gasteiger charge is 2.14. The van der Waals surface area contributed by atoms with Crippen LogP contribution in [0.5, 0.6) is 11.6 Å². The van der Waals surface area contributed by atoms with Gasteiger partial charge in [0, 0.05) is 18.1 Å². The van der Waals surface area contributed by atoms with Crippen LogP contribution in [0.2, 0.25) is 0 Å². The number of benzene rings is 4. The third-order valence-electron chi connectivity index (χ3n) is 8.88. The average molecular weight is 686 g/mol. The molecule has 1 aromatic heterocycles. The molecule has 0 N–H and O–H groups in total. The van der Waals surface area contributed by atoms with Gasteiger partial charge in [0.15, 0.2) is 0 Å². The van der Waals surface area contributed by atoms with Gasteiger partial charge in [-0.05, 0) is 84.5 Å². The number of methoxy groups -OCH3 is 2. The number of carbonyl (C=O) groups is 2. The van der Waals surface area contributed by atoms with E-state index in [2.05, 4.69) is 36.4 Å². The maximum Gasteiger partial charge on any atom is 0.338 e. The van der Waals surface area contributed by atoms with Crippen molar-refractivity contribution in [2.24, 2.45) is 0 Å². The summed E-state index contributed by atoms with van der Waals surface area (Å²) in [5, 5.41) is 0. The van der Waals surface area contributed by atoms with Gasteiger partial charge in [0.1, 0.15) is 5.75 Å². The van der Waals surface area contributed by atoms with Crippen molar-refractivity contribution in [2.45, 2.75) is 57.8 Å². The quantitative estimate of drug-likeness (QED) is 0.0632. The highest BCUT2D eigenvalue weighted by Crippen LogP contribution is 2.29. The third-order valence-corrected chi connectivity index (χ3v) is 8.88. The van der Waals surface area contributed by atoms with E-state index in [1.54, 1.807) is 6.07 Å². The van der Waals surface area contributed by atoms with Crippen LogP contribution < -0.4 is 9.47 Å². The number of esters is 2. The first-order valence-electron chi connectivity index (χ1n) is 17.8. The van der Waals surface area contributed by atoms with Gasteiger partial charge in [0.25, 0.3) is 0 Å². The molecule has 0 aliphatic rings. The summed E-state index contributed by atoms with van der Waals surface area (Å²) in [6.45, 7) is 1.08. The fourth-order valence-corrected chi connectivity index (χ4v) is 6.17. The number of pyridine rings is 1. The van der Waals surface area contributed by atoms with Crippen LogP contribution >= 0.6 is 0 Å². The molecule has 0 saturated carbocycles. The second-order valence-corrected chi connectivity index (χ2v) is 12.4. The van der Waals surface area contributed by atoms with E-state index in [9.17, 15) is 9.59 Å². The molecular weight excluding hydrogens is 638 g/mol. The minimum atomic E-state index is -0.333. The van der Waals surface area contributed by atoms with Crippen LogP contribution in [-0.2, 0) is 33.5 Å². The molecule has 7 heteroatoms. The molecule has 0 atom stereocenters. The van der Waals surface area contributed by atoms with E-state index in [4.69, 9.17) is 23.9 Å². The summed E-state index contributed by atoms with van der Waals surface area (Å²) >= 11 is 0. The largest absolute Gasteiger partial charge is 0.493 e. The van der Waals surface area contributed by atoms with E-state index < -0.39 is 0 Å². The highest BCUT2D eigenvalue weighted by atomic mass is 16.5. The molecule has 5 rings (SSSR count). The van der Waals surface area contributed by atoms with Crippen LogP contribution in [-0.4, -0.2) is 44.4 Å². The Balaban J connectivity index is 1.13. The second kappa shape index (κ2) is 19.7. The van der Waals surface area contributed by atoms with Crippen molar-refractivity contribution in [1.82, 2.24) is 4.98 Å². The molecule has 7 nitrogen and oxygen atoms in total. The lowest BCUT2D eigenvalue weighted by Crippen LogP contribution is -2.09. The van der Waals surface area contributed by atoms with Crippen LogP contribution in [0.3, 0.4) is 0 Å². The predicted molar refractivity (Wildman–Crippen MR) is 201 cm³/mol. The Labute approximate surface area is 301 Å². The van der Waals surface area contributed by atoms with Crippen molar-refractivity contribution in [2.75, 3.05) is 27.4 Å². The number of hydrogen-bond donors (Lipinski definition) is 0. The van der Waals surface area contributed by atoms with Gasteiger partial charge in [0.05, 0.1) is 38.7 Å². The molecule has 0 fully saturated rings. The van der Waals surface area contributed by atoms with Gasteiger partial charge in [-0.3, -0.25) is 4.79 Å². The Kier molecular flexibility index (Phi) is 14.2. The van der Waals surface area contributed by atoms with E-state index in [1.807, 2.05) is 72.8 Å². The predicted octanol–water partition coefficient (Wildman–Crippen LogP) is 9.50. The van der Waals surface area contributed by atoms with Crippen molar-refractivity contribution < 1.29 is 28.5 Å². The molecule has 51 heavy (non-hydrogen) atoms. The van der Waals surface area contributed by atoms with Crippen LogP contribution in [0.25, 0.3) is 22.4 Å². The maximum absolute atomic E-state index is 12.2. The smallest absolute Gasteiger partial charge is 0.338 e. The van der Waals surface area contributed by atoms with Gasteiger partial charge in [-0.1, -0.05) is 104 Å². The van der Waals surface area contributed by atoms with E-state index >= 15 is 0 Å². The summed E-state index contributed by atoms with van der Waals surface area (Å²) in [7, 11) is 2.81. The standard InChI is InChI=1S/C44H47NO6/c1-48-43(46)28-27-38-34(23-15-26-41(38)50-30-16-24-35-20-12-13-25-39(35)44(47)49-2)19-7-3-4-14-29-51-42-32-37(33-17-8-5-9-18-33)31-40(45-42)36-21-10-6-11-22-36/h5-6,8-13,15,17-18,20-23,25-26,31-32H,3-4,7,14,16,19,24,27-30H2,1-2H3. The lowest BCUT2D eigenvalue weighted by atomic mass is 9.96. The summed E-state index contributed by atoms with van der Waals surface area (Å²) in [6.07, 6.45) is 7.18. The first-order valence-corrected chi connectivity index (χ1v) is 17.8. The van der Waals surface area contributed by atoms with Crippen LogP contribution in [0.1, 0.15) is 65.6 Å². The number of aromatic nitrogens is 1. The number of nitrogens with zero attached hydrogens (tertiary/aromatic N) is 1. The Morgan fingerprint density at radius 2 is 1.24 bits per heavy atom. The molecule has 0 unspecified atom stereocenters. The van der Waals surface area contributed by atoms with E-state index in [1.165, 1.54) is 19.8 Å². The number of unbranched alkanes of at least 4 members (excludes halogenated alkanes) is 3. The summed E-state index contributed by atoms with van der Waals surface area (Å²) in [4.78, 5) is 29.0. The van der Waals surface area contributed by atoms with Gasteiger partial charge in [-0.25, -0.2) is 9.78 Å². The zero-order valence-corrected chi connectivity index (χ0v) is 29.6. The molecule has 0 amide bonds. The van der Waals surface area contributed by atoms with Crippen LogP contribution in [0.15, 0.2) is 115 Å². The normalized spacial score (nSPS) is 10.8. The van der Waals surface area contributed by atoms with Crippen molar-refractivity contribution in [1.29, 1.82) is 0 Å². The molecule has 0 spiro atoms. The van der Waals surface area contributed by atoms with Gasteiger partial charge in [0.2, 0.25) is 5.88 Å². The van der Waals surface area contributed by atoms with Crippen molar-refractivity contribution in [3.8, 4) is 34.0 Å². The highest BCUT2D eigenvalue weighted by molar-refractivity contribution is 5.91.